The zero-order valence-corrected chi connectivity index (χ0v) is 10.7. The number of alkyl halides is 3. The second-order valence-corrected chi connectivity index (χ2v) is 4.27. The van der Waals surface area contributed by atoms with E-state index < -0.39 is 24.1 Å². The number of amides is 2. The summed E-state index contributed by atoms with van der Waals surface area (Å²) in [7, 11) is 0. The van der Waals surface area contributed by atoms with Gasteiger partial charge in [-0.3, -0.25) is 14.9 Å². The van der Waals surface area contributed by atoms with Crippen molar-refractivity contribution in [2.45, 2.75) is 12.4 Å². The average molecular weight is 303 g/mol. The summed E-state index contributed by atoms with van der Waals surface area (Å²) in [6, 6.07) is 4.49. The number of carbonyl (C=O) groups is 2. The molecule has 0 aliphatic carbocycles. The zero-order valence-electron chi connectivity index (χ0n) is 10.7. The van der Waals surface area contributed by atoms with E-state index in [0.717, 1.165) is 6.07 Å². The summed E-state index contributed by atoms with van der Waals surface area (Å²) in [6.07, 6.45) is -4.85. The van der Waals surface area contributed by atoms with Crippen molar-refractivity contribution in [3.05, 3.63) is 24.3 Å². The number of piperazine rings is 1. The number of ether oxygens (including phenoxy) is 1. The van der Waals surface area contributed by atoms with Crippen molar-refractivity contribution in [1.29, 1.82) is 0 Å². The van der Waals surface area contributed by atoms with Gasteiger partial charge < -0.3 is 15.4 Å². The van der Waals surface area contributed by atoms with Crippen LogP contribution in [0.15, 0.2) is 24.3 Å². The van der Waals surface area contributed by atoms with Crippen LogP contribution in [0.3, 0.4) is 0 Å². The van der Waals surface area contributed by atoms with Gasteiger partial charge in [-0.1, -0.05) is 12.1 Å². The molecular weight excluding hydrogens is 291 g/mol. The van der Waals surface area contributed by atoms with Crippen LogP contribution in [0.1, 0.15) is 0 Å². The molecule has 1 unspecified atom stereocenters. The van der Waals surface area contributed by atoms with Gasteiger partial charge in [-0.2, -0.15) is 0 Å². The van der Waals surface area contributed by atoms with E-state index in [1.165, 1.54) is 18.2 Å². The van der Waals surface area contributed by atoms with Crippen LogP contribution in [-0.4, -0.2) is 37.3 Å². The largest absolute Gasteiger partial charge is 0.573 e. The molecule has 1 aliphatic rings. The van der Waals surface area contributed by atoms with Crippen molar-refractivity contribution < 1.29 is 27.5 Å². The van der Waals surface area contributed by atoms with Crippen LogP contribution >= 0.6 is 0 Å². The third kappa shape index (κ3) is 4.35. The number of para-hydroxylation sites is 2. The maximum atomic E-state index is 12.3. The lowest BCUT2D eigenvalue weighted by atomic mass is 10.2. The molecule has 0 bridgehead atoms. The quantitative estimate of drug-likeness (QED) is 0.764. The van der Waals surface area contributed by atoms with Crippen LogP contribution in [0.2, 0.25) is 0 Å². The van der Waals surface area contributed by atoms with E-state index in [4.69, 9.17) is 0 Å². The van der Waals surface area contributed by atoms with Gasteiger partial charge in [-0.05, 0) is 12.1 Å². The SMILES string of the molecule is O=C1CNC(C(=O)Nc2ccccc2OC(F)(F)F)CN1. The van der Waals surface area contributed by atoms with Gasteiger partial charge in [0.25, 0.3) is 0 Å². The minimum atomic E-state index is -4.85. The van der Waals surface area contributed by atoms with Crippen LogP contribution in [0.25, 0.3) is 0 Å². The molecule has 2 rings (SSSR count). The van der Waals surface area contributed by atoms with Gasteiger partial charge in [0.15, 0.2) is 5.75 Å². The minimum absolute atomic E-state index is 0.0290. The Hall–Kier alpha value is -2.29. The Morgan fingerprint density at radius 3 is 2.67 bits per heavy atom. The first-order valence-corrected chi connectivity index (χ1v) is 6.01. The predicted octanol–water partition coefficient (Wildman–Crippen LogP) is 0.612. The monoisotopic (exact) mass is 303 g/mol. The Kier molecular flexibility index (Phi) is 4.32. The van der Waals surface area contributed by atoms with E-state index in [1.54, 1.807) is 0 Å². The molecule has 1 saturated heterocycles. The fourth-order valence-electron chi connectivity index (χ4n) is 1.76. The number of anilines is 1. The van der Waals surface area contributed by atoms with Crippen LogP contribution in [0.4, 0.5) is 18.9 Å². The van der Waals surface area contributed by atoms with E-state index in [-0.39, 0.29) is 24.7 Å². The van der Waals surface area contributed by atoms with Crippen LogP contribution in [0.5, 0.6) is 5.75 Å². The molecule has 1 aromatic rings. The van der Waals surface area contributed by atoms with Crippen molar-refractivity contribution in [1.82, 2.24) is 10.6 Å². The van der Waals surface area contributed by atoms with Crippen LogP contribution < -0.4 is 20.7 Å². The molecule has 1 fully saturated rings. The van der Waals surface area contributed by atoms with Crippen molar-refractivity contribution in [2.75, 3.05) is 18.4 Å². The summed E-state index contributed by atoms with van der Waals surface area (Å²) < 4.78 is 40.6. The second kappa shape index (κ2) is 6.00. The highest BCUT2D eigenvalue weighted by atomic mass is 19.4. The molecule has 0 aromatic heterocycles. The third-order valence-electron chi connectivity index (χ3n) is 2.70. The fourth-order valence-corrected chi connectivity index (χ4v) is 1.76. The number of hydrogen-bond donors (Lipinski definition) is 3. The Balaban J connectivity index is 2.05. The van der Waals surface area contributed by atoms with Gasteiger partial charge in [0.2, 0.25) is 11.8 Å². The van der Waals surface area contributed by atoms with Crippen molar-refractivity contribution in [3.63, 3.8) is 0 Å². The molecule has 1 aliphatic heterocycles. The van der Waals surface area contributed by atoms with E-state index >= 15 is 0 Å². The highest BCUT2D eigenvalue weighted by Crippen LogP contribution is 2.29. The number of rotatable bonds is 3. The number of hydrogen-bond acceptors (Lipinski definition) is 4. The van der Waals surface area contributed by atoms with Gasteiger partial charge in [0, 0.05) is 6.54 Å². The molecule has 6 nitrogen and oxygen atoms in total. The molecule has 2 amide bonds. The molecule has 0 radical (unpaired) electrons. The molecule has 114 valence electrons. The maximum absolute atomic E-state index is 12.3. The van der Waals surface area contributed by atoms with Gasteiger partial charge in [0.1, 0.15) is 6.04 Å². The van der Waals surface area contributed by atoms with E-state index in [1.807, 2.05) is 0 Å². The molecule has 1 atom stereocenters. The summed E-state index contributed by atoms with van der Waals surface area (Å²) in [6.45, 7) is 0.0335. The maximum Gasteiger partial charge on any atom is 0.573 e. The highest BCUT2D eigenvalue weighted by molar-refractivity contribution is 5.97. The number of halogens is 3. The molecule has 0 spiro atoms. The molecule has 9 heteroatoms. The predicted molar refractivity (Wildman–Crippen MR) is 66.6 cm³/mol. The standard InChI is InChI=1S/C12H12F3N3O3/c13-12(14,15)21-9-4-2-1-3-7(9)18-11(20)8-5-17-10(19)6-16-8/h1-4,8,16H,5-6H2,(H,17,19)(H,18,20). The van der Waals surface area contributed by atoms with E-state index in [2.05, 4.69) is 20.7 Å². The van der Waals surface area contributed by atoms with E-state index in [9.17, 15) is 22.8 Å². The Morgan fingerprint density at radius 2 is 2.05 bits per heavy atom. The number of benzene rings is 1. The summed E-state index contributed by atoms with van der Waals surface area (Å²) in [4.78, 5) is 22.9. The molecule has 21 heavy (non-hydrogen) atoms. The molecule has 1 aromatic carbocycles. The lowest BCUT2D eigenvalue weighted by Gasteiger charge is -2.23. The smallest absolute Gasteiger partial charge is 0.404 e. The second-order valence-electron chi connectivity index (χ2n) is 4.27. The van der Waals surface area contributed by atoms with Crippen molar-refractivity contribution >= 4 is 17.5 Å². The first kappa shape index (κ1) is 15.1. The number of nitrogens with one attached hydrogen (secondary N) is 3. The van der Waals surface area contributed by atoms with Crippen LogP contribution in [0, 0.1) is 0 Å². The molecule has 3 N–H and O–H groups in total. The molecule has 1 heterocycles. The summed E-state index contributed by atoms with van der Waals surface area (Å²) in [5.41, 5.74) is -0.0986. The van der Waals surface area contributed by atoms with Gasteiger partial charge in [-0.25, -0.2) is 0 Å². The molecular formula is C12H12F3N3O3. The van der Waals surface area contributed by atoms with E-state index in [0.29, 0.717) is 0 Å². The first-order valence-electron chi connectivity index (χ1n) is 6.01. The van der Waals surface area contributed by atoms with Gasteiger partial charge in [0.05, 0.1) is 12.2 Å². The zero-order chi connectivity index (χ0) is 15.5. The third-order valence-corrected chi connectivity index (χ3v) is 2.70. The summed E-state index contributed by atoms with van der Waals surface area (Å²) >= 11 is 0. The highest BCUT2D eigenvalue weighted by Gasteiger charge is 2.32. The van der Waals surface area contributed by atoms with Gasteiger partial charge >= 0.3 is 6.36 Å². The Labute approximate surface area is 117 Å². The molecule has 0 saturated carbocycles. The van der Waals surface area contributed by atoms with Crippen molar-refractivity contribution in [3.8, 4) is 5.75 Å². The fraction of sp³-hybridized carbons (Fsp3) is 0.333. The summed E-state index contributed by atoms with van der Waals surface area (Å²) in [5.74, 6) is -1.31. The number of carbonyl (C=O) groups excluding carboxylic acids is 2. The van der Waals surface area contributed by atoms with Crippen molar-refractivity contribution in [2.24, 2.45) is 0 Å². The topological polar surface area (TPSA) is 79.5 Å². The lowest BCUT2D eigenvalue weighted by molar-refractivity contribution is -0.274. The normalized spacial score (nSPS) is 18.8. The average Bonchev–Trinajstić information content (AvgIpc) is 2.40. The summed E-state index contributed by atoms with van der Waals surface area (Å²) in [5, 5.41) is 7.49. The van der Waals surface area contributed by atoms with Gasteiger partial charge in [-0.15, -0.1) is 13.2 Å². The lowest BCUT2D eigenvalue weighted by Crippen LogP contribution is -2.56. The van der Waals surface area contributed by atoms with Crippen LogP contribution in [-0.2, 0) is 9.59 Å². The Bertz CT molecular complexity index is 538. The Morgan fingerprint density at radius 1 is 1.33 bits per heavy atom. The first-order chi connectivity index (χ1) is 9.85. The minimum Gasteiger partial charge on any atom is -0.404 e.